The number of hydrogen-bond acceptors (Lipinski definition) is 3. The Balaban J connectivity index is 2.53. The van der Waals surface area contributed by atoms with E-state index in [1.54, 1.807) is 0 Å². The van der Waals surface area contributed by atoms with Crippen molar-refractivity contribution in [2.45, 2.75) is 32.5 Å². The summed E-state index contributed by atoms with van der Waals surface area (Å²) in [6.45, 7) is 5.01. The Hall–Kier alpha value is -0.930. The molecule has 3 nitrogen and oxygen atoms in total. The second kappa shape index (κ2) is 5.08. The van der Waals surface area contributed by atoms with Crippen molar-refractivity contribution in [2.75, 3.05) is 7.05 Å². The first-order valence-electron chi connectivity index (χ1n) is 4.97. The smallest absolute Gasteiger partial charge is 0.0543 e. The molecule has 0 aliphatic heterocycles. The summed E-state index contributed by atoms with van der Waals surface area (Å²) in [5, 5.41) is 0. The lowest BCUT2D eigenvalue weighted by atomic mass is 10.1. The molecule has 0 bridgehead atoms. The minimum atomic E-state index is 0.184. The van der Waals surface area contributed by atoms with E-state index in [9.17, 15) is 0 Å². The summed E-state index contributed by atoms with van der Waals surface area (Å²) in [5.74, 6) is 0. The fraction of sp³-hybridized carbons (Fsp3) is 0.545. The Bertz CT molecular complexity index is 258. The second-order valence-electron chi connectivity index (χ2n) is 3.84. The third kappa shape index (κ3) is 3.09. The van der Waals surface area contributed by atoms with Gasteiger partial charge in [-0.3, -0.25) is 9.88 Å². The van der Waals surface area contributed by atoms with Crippen molar-refractivity contribution >= 4 is 0 Å². The molecule has 0 radical (unpaired) electrons. The number of hydrogen-bond donors (Lipinski definition) is 1. The van der Waals surface area contributed by atoms with E-state index in [1.165, 1.54) is 0 Å². The molecule has 78 valence electrons. The Labute approximate surface area is 85.9 Å². The average Bonchev–Trinajstić information content (AvgIpc) is 2.18. The predicted molar refractivity (Wildman–Crippen MR) is 58.8 cm³/mol. The fourth-order valence-electron chi connectivity index (χ4n) is 1.29. The average molecular weight is 193 g/mol. The van der Waals surface area contributed by atoms with Crippen molar-refractivity contribution in [3.8, 4) is 0 Å². The van der Waals surface area contributed by atoms with Gasteiger partial charge in [-0.15, -0.1) is 0 Å². The van der Waals surface area contributed by atoms with E-state index in [1.807, 2.05) is 31.3 Å². The van der Waals surface area contributed by atoms with E-state index in [4.69, 9.17) is 5.73 Å². The SMILES string of the molecule is CC(N)C(C)N(C)Cc1ccccn1. The molecule has 0 aliphatic carbocycles. The molecule has 1 aromatic heterocycles. The van der Waals surface area contributed by atoms with Crippen molar-refractivity contribution < 1.29 is 0 Å². The van der Waals surface area contributed by atoms with Gasteiger partial charge in [-0.25, -0.2) is 0 Å². The maximum atomic E-state index is 5.83. The summed E-state index contributed by atoms with van der Waals surface area (Å²) >= 11 is 0. The van der Waals surface area contributed by atoms with Gasteiger partial charge < -0.3 is 5.73 Å². The van der Waals surface area contributed by atoms with Crippen molar-refractivity contribution in [3.05, 3.63) is 30.1 Å². The van der Waals surface area contributed by atoms with Crippen LogP contribution < -0.4 is 5.73 Å². The quantitative estimate of drug-likeness (QED) is 0.782. The number of pyridine rings is 1. The summed E-state index contributed by atoms with van der Waals surface area (Å²) in [7, 11) is 2.07. The highest BCUT2D eigenvalue weighted by molar-refractivity contribution is 5.03. The summed E-state index contributed by atoms with van der Waals surface area (Å²) in [4.78, 5) is 6.49. The van der Waals surface area contributed by atoms with Gasteiger partial charge in [0.1, 0.15) is 0 Å². The van der Waals surface area contributed by atoms with Crippen molar-refractivity contribution in [1.29, 1.82) is 0 Å². The fourth-order valence-corrected chi connectivity index (χ4v) is 1.29. The highest BCUT2D eigenvalue weighted by Gasteiger charge is 2.13. The van der Waals surface area contributed by atoms with Crippen LogP contribution in [-0.2, 0) is 6.54 Å². The van der Waals surface area contributed by atoms with Crippen LogP contribution in [0, 0.1) is 0 Å². The number of likely N-dealkylation sites (N-methyl/N-ethyl adjacent to an activating group) is 1. The maximum absolute atomic E-state index is 5.83. The standard InChI is InChI=1S/C11H19N3/c1-9(12)10(2)14(3)8-11-6-4-5-7-13-11/h4-7,9-10H,8,12H2,1-3H3. The summed E-state index contributed by atoms with van der Waals surface area (Å²) < 4.78 is 0. The second-order valence-corrected chi connectivity index (χ2v) is 3.84. The first-order chi connectivity index (χ1) is 6.61. The summed E-state index contributed by atoms with van der Waals surface area (Å²) in [6, 6.07) is 6.52. The molecule has 0 aromatic carbocycles. The Morgan fingerprint density at radius 3 is 2.64 bits per heavy atom. The van der Waals surface area contributed by atoms with Gasteiger partial charge in [-0.05, 0) is 33.0 Å². The van der Waals surface area contributed by atoms with Gasteiger partial charge >= 0.3 is 0 Å². The lowest BCUT2D eigenvalue weighted by Crippen LogP contribution is -2.41. The highest BCUT2D eigenvalue weighted by Crippen LogP contribution is 2.05. The Morgan fingerprint density at radius 1 is 1.43 bits per heavy atom. The monoisotopic (exact) mass is 193 g/mol. The van der Waals surface area contributed by atoms with Crippen LogP contribution in [0.5, 0.6) is 0 Å². The molecule has 0 aliphatic rings. The molecule has 0 saturated carbocycles. The van der Waals surface area contributed by atoms with E-state index in [2.05, 4.69) is 23.9 Å². The molecule has 2 N–H and O–H groups in total. The molecule has 0 saturated heterocycles. The topological polar surface area (TPSA) is 42.1 Å². The molecule has 14 heavy (non-hydrogen) atoms. The van der Waals surface area contributed by atoms with Gasteiger partial charge in [0.05, 0.1) is 5.69 Å². The van der Waals surface area contributed by atoms with E-state index in [-0.39, 0.29) is 6.04 Å². The molecule has 2 atom stereocenters. The minimum Gasteiger partial charge on any atom is -0.327 e. The number of nitrogens with two attached hydrogens (primary N) is 1. The highest BCUT2D eigenvalue weighted by atomic mass is 15.1. The molecule has 2 unspecified atom stereocenters. The minimum absolute atomic E-state index is 0.184. The third-order valence-electron chi connectivity index (χ3n) is 2.59. The Morgan fingerprint density at radius 2 is 2.14 bits per heavy atom. The van der Waals surface area contributed by atoms with Crippen LogP contribution in [0.1, 0.15) is 19.5 Å². The van der Waals surface area contributed by atoms with Crippen LogP contribution in [0.15, 0.2) is 24.4 Å². The van der Waals surface area contributed by atoms with Crippen LogP contribution in [0.2, 0.25) is 0 Å². The van der Waals surface area contributed by atoms with Crippen LogP contribution in [-0.4, -0.2) is 29.0 Å². The van der Waals surface area contributed by atoms with Crippen LogP contribution >= 0.6 is 0 Å². The first kappa shape index (κ1) is 11.1. The van der Waals surface area contributed by atoms with Crippen LogP contribution in [0.25, 0.3) is 0 Å². The van der Waals surface area contributed by atoms with Crippen molar-refractivity contribution in [1.82, 2.24) is 9.88 Å². The van der Waals surface area contributed by atoms with E-state index < -0.39 is 0 Å². The van der Waals surface area contributed by atoms with Gasteiger partial charge in [0.2, 0.25) is 0 Å². The molecule has 0 spiro atoms. The molecular weight excluding hydrogens is 174 g/mol. The maximum Gasteiger partial charge on any atom is 0.0543 e. The predicted octanol–water partition coefficient (Wildman–Crippen LogP) is 1.25. The van der Waals surface area contributed by atoms with Crippen molar-refractivity contribution in [2.24, 2.45) is 5.73 Å². The van der Waals surface area contributed by atoms with Gasteiger partial charge in [-0.1, -0.05) is 6.07 Å². The lowest BCUT2D eigenvalue weighted by molar-refractivity contribution is 0.222. The normalized spacial score (nSPS) is 15.5. The molecule has 3 heteroatoms. The first-order valence-corrected chi connectivity index (χ1v) is 4.97. The molecular formula is C11H19N3. The largest absolute Gasteiger partial charge is 0.327 e. The number of nitrogens with zero attached hydrogens (tertiary/aromatic N) is 2. The van der Waals surface area contributed by atoms with Gasteiger partial charge in [0.25, 0.3) is 0 Å². The molecule has 1 heterocycles. The molecule has 0 amide bonds. The van der Waals surface area contributed by atoms with E-state index in [0.717, 1.165) is 12.2 Å². The zero-order valence-corrected chi connectivity index (χ0v) is 9.14. The zero-order valence-electron chi connectivity index (χ0n) is 9.14. The van der Waals surface area contributed by atoms with Crippen LogP contribution in [0.4, 0.5) is 0 Å². The Kier molecular flexibility index (Phi) is 4.04. The summed E-state index contributed by atoms with van der Waals surface area (Å²) in [5.41, 5.74) is 6.91. The van der Waals surface area contributed by atoms with Crippen LogP contribution in [0.3, 0.4) is 0 Å². The lowest BCUT2D eigenvalue weighted by Gasteiger charge is -2.27. The van der Waals surface area contributed by atoms with Crippen molar-refractivity contribution in [3.63, 3.8) is 0 Å². The zero-order chi connectivity index (χ0) is 10.6. The van der Waals surface area contributed by atoms with Gasteiger partial charge in [0, 0.05) is 24.8 Å². The van der Waals surface area contributed by atoms with E-state index in [0.29, 0.717) is 6.04 Å². The molecule has 1 rings (SSSR count). The number of aromatic nitrogens is 1. The molecule has 0 fully saturated rings. The third-order valence-corrected chi connectivity index (χ3v) is 2.59. The van der Waals surface area contributed by atoms with Gasteiger partial charge in [0.15, 0.2) is 0 Å². The number of rotatable bonds is 4. The van der Waals surface area contributed by atoms with E-state index >= 15 is 0 Å². The molecule has 1 aromatic rings. The van der Waals surface area contributed by atoms with Gasteiger partial charge in [-0.2, -0.15) is 0 Å². The summed E-state index contributed by atoms with van der Waals surface area (Å²) in [6.07, 6.45) is 1.82.